The Kier molecular flexibility index (Phi) is 6.13. The number of aliphatic hydroxyl groups excluding tert-OH is 1. The molecule has 0 spiro atoms. The summed E-state index contributed by atoms with van der Waals surface area (Å²) in [5, 5.41) is 10.7. The van der Waals surface area contributed by atoms with Crippen LogP contribution in [-0.4, -0.2) is 35.7 Å². The number of rotatable bonds is 6. The molecule has 1 atom stereocenters. The molecule has 1 aliphatic carbocycles. The minimum atomic E-state index is -0.154. The van der Waals surface area contributed by atoms with E-state index in [0.29, 0.717) is 0 Å². The minimum absolute atomic E-state index is 0.0451. The van der Waals surface area contributed by atoms with Gasteiger partial charge in [0.15, 0.2) is 0 Å². The minimum Gasteiger partial charge on any atom is -0.391 e. The van der Waals surface area contributed by atoms with Gasteiger partial charge in [0.25, 0.3) is 0 Å². The summed E-state index contributed by atoms with van der Waals surface area (Å²) >= 11 is 0. The van der Waals surface area contributed by atoms with E-state index in [-0.39, 0.29) is 11.6 Å². The van der Waals surface area contributed by atoms with Crippen molar-refractivity contribution in [1.29, 1.82) is 0 Å². The molecule has 2 nitrogen and oxygen atoms in total. The van der Waals surface area contributed by atoms with Crippen LogP contribution in [0.5, 0.6) is 0 Å². The predicted octanol–water partition coefficient (Wildman–Crippen LogP) is 3.68. The van der Waals surface area contributed by atoms with Gasteiger partial charge in [-0.3, -0.25) is 0 Å². The predicted molar refractivity (Wildman–Crippen MR) is 78.7 cm³/mol. The zero-order valence-electron chi connectivity index (χ0n) is 13.1. The third kappa shape index (κ3) is 3.96. The van der Waals surface area contributed by atoms with Gasteiger partial charge in [0.1, 0.15) is 0 Å². The van der Waals surface area contributed by atoms with E-state index in [9.17, 15) is 5.11 Å². The summed E-state index contributed by atoms with van der Waals surface area (Å²) in [5.41, 5.74) is 0.0451. The molecule has 1 fully saturated rings. The van der Waals surface area contributed by atoms with Gasteiger partial charge in [0.2, 0.25) is 0 Å². The summed E-state index contributed by atoms with van der Waals surface area (Å²) < 4.78 is 0. The molecule has 1 aliphatic rings. The van der Waals surface area contributed by atoms with Gasteiger partial charge in [-0.05, 0) is 58.0 Å². The Labute approximate surface area is 114 Å². The molecular weight excluding hydrogens is 222 g/mol. The van der Waals surface area contributed by atoms with Crippen molar-refractivity contribution in [2.75, 3.05) is 14.1 Å². The third-order valence-corrected chi connectivity index (χ3v) is 4.91. The van der Waals surface area contributed by atoms with Gasteiger partial charge in [-0.15, -0.1) is 0 Å². The SMILES string of the molecule is CC(C)CCCC(O)C1(N(C)C)CCC(C)CC1. The first-order valence-electron chi connectivity index (χ1n) is 7.74. The van der Waals surface area contributed by atoms with Crippen molar-refractivity contribution in [3.05, 3.63) is 0 Å². The summed E-state index contributed by atoms with van der Waals surface area (Å²) in [5.74, 6) is 1.58. The maximum atomic E-state index is 10.7. The number of aliphatic hydroxyl groups is 1. The molecule has 1 N–H and O–H groups in total. The Morgan fingerprint density at radius 1 is 1.17 bits per heavy atom. The Balaban J connectivity index is 2.55. The van der Waals surface area contributed by atoms with Gasteiger partial charge in [-0.25, -0.2) is 0 Å². The molecule has 0 aromatic carbocycles. The fourth-order valence-electron chi connectivity index (χ4n) is 3.33. The third-order valence-electron chi connectivity index (χ3n) is 4.91. The number of hydrogen-bond acceptors (Lipinski definition) is 2. The second kappa shape index (κ2) is 6.91. The van der Waals surface area contributed by atoms with E-state index in [1.807, 2.05) is 0 Å². The molecule has 1 rings (SSSR count). The molecule has 0 aromatic heterocycles. The van der Waals surface area contributed by atoms with Gasteiger partial charge in [0, 0.05) is 5.54 Å². The highest BCUT2D eigenvalue weighted by Crippen LogP contribution is 2.39. The van der Waals surface area contributed by atoms with Crippen molar-refractivity contribution in [2.45, 2.75) is 77.4 Å². The van der Waals surface area contributed by atoms with E-state index in [2.05, 4.69) is 39.8 Å². The molecule has 0 bridgehead atoms. The van der Waals surface area contributed by atoms with Gasteiger partial charge in [-0.1, -0.05) is 33.6 Å². The first-order valence-corrected chi connectivity index (χ1v) is 7.74. The summed E-state index contributed by atoms with van der Waals surface area (Å²) in [6.07, 6.45) is 8.04. The lowest BCUT2D eigenvalue weighted by Crippen LogP contribution is -2.55. The molecular formula is C16H33NO. The van der Waals surface area contributed by atoms with Crippen molar-refractivity contribution in [2.24, 2.45) is 11.8 Å². The fraction of sp³-hybridized carbons (Fsp3) is 1.00. The van der Waals surface area contributed by atoms with Crippen LogP contribution in [-0.2, 0) is 0 Å². The lowest BCUT2D eigenvalue weighted by molar-refractivity contribution is -0.0437. The Morgan fingerprint density at radius 3 is 2.17 bits per heavy atom. The highest BCUT2D eigenvalue weighted by atomic mass is 16.3. The number of hydrogen-bond donors (Lipinski definition) is 1. The molecule has 1 saturated carbocycles. The lowest BCUT2D eigenvalue weighted by Gasteiger charge is -2.48. The zero-order chi connectivity index (χ0) is 13.8. The van der Waals surface area contributed by atoms with Crippen LogP contribution in [0, 0.1) is 11.8 Å². The smallest absolute Gasteiger partial charge is 0.0723 e. The number of nitrogens with zero attached hydrogens (tertiary/aromatic N) is 1. The fourth-order valence-corrected chi connectivity index (χ4v) is 3.33. The highest BCUT2D eigenvalue weighted by molar-refractivity contribution is 4.97. The van der Waals surface area contributed by atoms with Crippen LogP contribution in [0.15, 0.2) is 0 Å². The maximum Gasteiger partial charge on any atom is 0.0723 e. The topological polar surface area (TPSA) is 23.5 Å². The van der Waals surface area contributed by atoms with Crippen molar-refractivity contribution in [3.8, 4) is 0 Å². The highest BCUT2D eigenvalue weighted by Gasteiger charge is 2.41. The monoisotopic (exact) mass is 255 g/mol. The normalized spacial score (nSPS) is 31.0. The Bertz CT molecular complexity index is 229. The summed E-state index contributed by atoms with van der Waals surface area (Å²) in [6, 6.07) is 0. The standard InChI is InChI=1S/C16H33NO/c1-13(2)7-6-8-15(18)16(17(4)5)11-9-14(3)10-12-16/h13-15,18H,6-12H2,1-5H3. The van der Waals surface area contributed by atoms with Gasteiger partial charge < -0.3 is 10.0 Å². The maximum absolute atomic E-state index is 10.7. The molecule has 2 heteroatoms. The molecule has 108 valence electrons. The van der Waals surface area contributed by atoms with Crippen molar-refractivity contribution in [3.63, 3.8) is 0 Å². The van der Waals surface area contributed by atoms with Crippen LogP contribution < -0.4 is 0 Å². The molecule has 0 amide bonds. The van der Waals surface area contributed by atoms with Crippen molar-refractivity contribution >= 4 is 0 Å². The number of likely N-dealkylation sites (N-methyl/N-ethyl adjacent to an activating group) is 1. The van der Waals surface area contributed by atoms with Crippen molar-refractivity contribution in [1.82, 2.24) is 4.90 Å². The first kappa shape index (κ1) is 16.0. The van der Waals surface area contributed by atoms with E-state index in [1.54, 1.807) is 0 Å². The summed E-state index contributed by atoms with van der Waals surface area (Å²) in [4.78, 5) is 2.29. The molecule has 0 radical (unpaired) electrons. The van der Waals surface area contributed by atoms with E-state index in [0.717, 1.165) is 37.5 Å². The molecule has 0 saturated heterocycles. The largest absolute Gasteiger partial charge is 0.391 e. The van der Waals surface area contributed by atoms with Crippen LogP contribution in [0.3, 0.4) is 0 Å². The van der Waals surface area contributed by atoms with E-state index in [1.165, 1.54) is 19.3 Å². The second-order valence-electron chi connectivity index (χ2n) is 7.02. The average Bonchev–Trinajstić information content (AvgIpc) is 2.29. The summed E-state index contributed by atoms with van der Waals surface area (Å²) in [6.45, 7) is 6.86. The Hall–Kier alpha value is -0.0800. The van der Waals surface area contributed by atoms with Crippen molar-refractivity contribution < 1.29 is 5.11 Å². The van der Waals surface area contributed by atoms with Gasteiger partial charge >= 0.3 is 0 Å². The lowest BCUT2D eigenvalue weighted by atomic mass is 9.72. The quantitative estimate of drug-likeness (QED) is 0.782. The molecule has 0 aromatic rings. The van der Waals surface area contributed by atoms with Crippen LogP contribution >= 0.6 is 0 Å². The van der Waals surface area contributed by atoms with Gasteiger partial charge in [-0.2, -0.15) is 0 Å². The Morgan fingerprint density at radius 2 is 1.72 bits per heavy atom. The van der Waals surface area contributed by atoms with E-state index >= 15 is 0 Å². The molecule has 0 heterocycles. The van der Waals surface area contributed by atoms with Crippen LogP contribution in [0.25, 0.3) is 0 Å². The van der Waals surface area contributed by atoms with E-state index < -0.39 is 0 Å². The molecule has 0 aliphatic heterocycles. The van der Waals surface area contributed by atoms with Gasteiger partial charge in [0.05, 0.1) is 6.10 Å². The van der Waals surface area contributed by atoms with Crippen LogP contribution in [0.2, 0.25) is 0 Å². The van der Waals surface area contributed by atoms with Crippen LogP contribution in [0.1, 0.15) is 65.7 Å². The zero-order valence-corrected chi connectivity index (χ0v) is 13.1. The summed E-state index contributed by atoms with van der Waals surface area (Å²) in [7, 11) is 4.28. The molecule has 18 heavy (non-hydrogen) atoms. The van der Waals surface area contributed by atoms with Crippen LogP contribution in [0.4, 0.5) is 0 Å². The second-order valence-corrected chi connectivity index (χ2v) is 7.02. The first-order chi connectivity index (χ1) is 8.38. The van der Waals surface area contributed by atoms with E-state index in [4.69, 9.17) is 0 Å². The molecule has 1 unspecified atom stereocenters. The average molecular weight is 255 g/mol.